The number of carbonyl (C=O) groups is 1. The van der Waals surface area contributed by atoms with Gasteiger partial charge in [-0.15, -0.1) is 0 Å². The Labute approximate surface area is 94.5 Å². The first-order chi connectivity index (χ1) is 6.83. The molecule has 2 nitrogen and oxygen atoms in total. The van der Waals surface area contributed by atoms with E-state index >= 15 is 0 Å². The molecule has 14 heavy (non-hydrogen) atoms. The first-order valence-corrected chi connectivity index (χ1v) is 6.64. The van der Waals surface area contributed by atoms with Gasteiger partial charge in [-0.1, -0.05) is 15.9 Å². The minimum atomic E-state index is 0.405. The molecule has 82 valence electrons. The maximum Gasteiger partial charge on any atom is 0.132 e. The average Bonchev–Trinajstić information content (AvgIpc) is 2.67. The lowest BCUT2D eigenvalue weighted by Crippen LogP contribution is -2.06. The summed E-state index contributed by atoms with van der Waals surface area (Å²) in [5.41, 5.74) is 0. The normalized spacial score (nSPS) is 21.4. The molecular formula is C11H19BrO2. The van der Waals surface area contributed by atoms with E-state index in [1.54, 1.807) is 0 Å². The second-order valence-electron chi connectivity index (χ2n) is 3.86. The van der Waals surface area contributed by atoms with E-state index in [0.717, 1.165) is 44.0 Å². The molecule has 3 heteroatoms. The number of ketones is 1. The van der Waals surface area contributed by atoms with Crippen LogP contribution < -0.4 is 0 Å². The second kappa shape index (κ2) is 7.41. The van der Waals surface area contributed by atoms with Crippen LogP contribution in [0.4, 0.5) is 0 Å². The summed E-state index contributed by atoms with van der Waals surface area (Å²) in [6.45, 7) is 0.919. The molecule has 0 saturated carbocycles. The van der Waals surface area contributed by atoms with E-state index in [0.29, 0.717) is 11.9 Å². The molecule has 1 atom stereocenters. The molecule has 0 radical (unpaired) electrons. The van der Waals surface area contributed by atoms with E-state index in [1.807, 2.05) is 0 Å². The number of Topliss-reactive ketones (excluding diaryl/α,β-unsaturated/α-hetero) is 1. The highest BCUT2D eigenvalue weighted by Gasteiger charge is 2.15. The first-order valence-electron chi connectivity index (χ1n) is 5.52. The second-order valence-corrected chi connectivity index (χ2v) is 4.65. The molecule has 1 unspecified atom stereocenters. The molecule has 0 aromatic heterocycles. The fraction of sp³-hybridized carbons (Fsp3) is 0.909. The van der Waals surface area contributed by atoms with Crippen molar-refractivity contribution in [2.45, 2.75) is 51.0 Å². The van der Waals surface area contributed by atoms with Gasteiger partial charge in [-0.05, 0) is 32.1 Å². The van der Waals surface area contributed by atoms with Crippen LogP contribution in [0, 0.1) is 0 Å². The van der Waals surface area contributed by atoms with Crippen molar-refractivity contribution in [2.75, 3.05) is 11.9 Å². The van der Waals surface area contributed by atoms with Gasteiger partial charge in [0.05, 0.1) is 6.10 Å². The molecule has 0 bridgehead atoms. The molecular weight excluding hydrogens is 244 g/mol. The SMILES string of the molecule is O=C(CCCBr)CCCC1CCCO1. The zero-order chi connectivity index (χ0) is 10.2. The van der Waals surface area contributed by atoms with Crippen molar-refractivity contribution in [3.8, 4) is 0 Å². The fourth-order valence-electron chi connectivity index (χ4n) is 1.79. The van der Waals surface area contributed by atoms with Gasteiger partial charge in [0, 0.05) is 24.8 Å². The van der Waals surface area contributed by atoms with Crippen molar-refractivity contribution in [2.24, 2.45) is 0 Å². The number of rotatable bonds is 7. The van der Waals surface area contributed by atoms with Gasteiger partial charge in [-0.25, -0.2) is 0 Å². The maximum atomic E-state index is 11.3. The number of alkyl halides is 1. The standard InChI is InChI=1S/C11H19BrO2/c12-8-2-5-10(13)4-1-6-11-7-3-9-14-11/h11H,1-9H2. The largest absolute Gasteiger partial charge is 0.378 e. The summed E-state index contributed by atoms with van der Waals surface area (Å²) in [6.07, 6.45) is 7.35. The third-order valence-electron chi connectivity index (χ3n) is 2.59. The highest BCUT2D eigenvalue weighted by molar-refractivity contribution is 9.09. The molecule has 0 N–H and O–H groups in total. The quantitative estimate of drug-likeness (QED) is 0.660. The number of hydrogen-bond acceptors (Lipinski definition) is 2. The third kappa shape index (κ3) is 5.11. The molecule has 0 amide bonds. The lowest BCUT2D eigenvalue weighted by molar-refractivity contribution is -0.119. The lowest BCUT2D eigenvalue weighted by Gasteiger charge is -2.07. The Hall–Kier alpha value is 0.110. The smallest absolute Gasteiger partial charge is 0.132 e. The number of hydrogen-bond donors (Lipinski definition) is 0. The summed E-state index contributed by atoms with van der Waals surface area (Å²) in [7, 11) is 0. The van der Waals surface area contributed by atoms with E-state index in [1.165, 1.54) is 12.8 Å². The summed E-state index contributed by atoms with van der Waals surface area (Å²) < 4.78 is 5.50. The average molecular weight is 263 g/mol. The van der Waals surface area contributed by atoms with Crippen molar-refractivity contribution in [3.05, 3.63) is 0 Å². The predicted molar refractivity (Wildman–Crippen MR) is 60.9 cm³/mol. The zero-order valence-corrected chi connectivity index (χ0v) is 10.2. The van der Waals surface area contributed by atoms with Crippen LogP contribution in [0.25, 0.3) is 0 Å². The van der Waals surface area contributed by atoms with Gasteiger partial charge in [0.25, 0.3) is 0 Å². The highest BCUT2D eigenvalue weighted by Crippen LogP contribution is 2.17. The molecule has 0 aromatic rings. The maximum absolute atomic E-state index is 11.3. The van der Waals surface area contributed by atoms with E-state index < -0.39 is 0 Å². The summed E-state index contributed by atoms with van der Waals surface area (Å²) in [5.74, 6) is 0.405. The van der Waals surface area contributed by atoms with E-state index in [-0.39, 0.29) is 0 Å². The predicted octanol–water partition coefficient (Wildman–Crippen LogP) is 3.08. The van der Waals surface area contributed by atoms with Gasteiger partial charge < -0.3 is 4.74 Å². The van der Waals surface area contributed by atoms with Crippen molar-refractivity contribution in [1.82, 2.24) is 0 Å². The van der Waals surface area contributed by atoms with Crippen LogP contribution in [0.2, 0.25) is 0 Å². The molecule has 0 spiro atoms. The minimum Gasteiger partial charge on any atom is -0.378 e. The Morgan fingerprint density at radius 2 is 2.14 bits per heavy atom. The fourth-order valence-corrected chi connectivity index (χ4v) is 2.07. The Morgan fingerprint density at radius 1 is 1.36 bits per heavy atom. The van der Waals surface area contributed by atoms with Gasteiger partial charge in [0.15, 0.2) is 0 Å². The lowest BCUT2D eigenvalue weighted by atomic mass is 10.1. The molecule has 1 heterocycles. The Balaban J connectivity index is 1.94. The third-order valence-corrected chi connectivity index (χ3v) is 3.16. The van der Waals surface area contributed by atoms with Crippen LogP contribution >= 0.6 is 15.9 Å². The molecule has 0 aromatic carbocycles. The van der Waals surface area contributed by atoms with Gasteiger partial charge in [0.1, 0.15) is 5.78 Å². The summed E-state index contributed by atoms with van der Waals surface area (Å²) >= 11 is 3.33. The summed E-state index contributed by atoms with van der Waals surface area (Å²) in [4.78, 5) is 11.3. The minimum absolute atomic E-state index is 0.405. The van der Waals surface area contributed by atoms with Crippen LogP contribution in [0.3, 0.4) is 0 Å². The molecule has 1 saturated heterocycles. The van der Waals surface area contributed by atoms with E-state index in [2.05, 4.69) is 15.9 Å². The zero-order valence-electron chi connectivity index (χ0n) is 8.64. The topological polar surface area (TPSA) is 26.3 Å². The van der Waals surface area contributed by atoms with E-state index in [9.17, 15) is 4.79 Å². The van der Waals surface area contributed by atoms with Crippen molar-refractivity contribution in [3.63, 3.8) is 0 Å². The van der Waals surface area contributed by atoms with Gasteiger partial charge in [-0.3, -0.25) is 4.79 Å². The van der Waals surface area contributed by atoms with Crippen molar-refractivity contribution < 1.29 is 9.53 Å². The molecule has 1 aliphatic heterocycles. The van der Waals surface area contributed by atoms with Gasteiger partial charge in [0.2, 0.25) is 0 Å². The first kappa shape index (κ1) is 12.2. The van der Waals surface area contributed by atoms with Crippen LogP contribution in [-0.4, -0.2) is 23.8 Å². The Bertz CT molecular complexity index is 165. The number of carbonyl (C=O) groups excluding carboxylic acids is 1. The van der Waals surface area contributed by atoms with Crippen LogP contribution in [0.15, 0.2) is 0 Å². The Morgan fingerprint density at radius 3 is 2.79 bits per heavy atom. The van der Waals surface area contributed by atoms with E-state index in [4.69, 9.17) is 4.74 Å². The molecule has 0 aliphatic carbocycles. The van der Waals surface area contributed by atoms with Gasteiger partial charge >= 0.3 is 0 Å². The van der Waals surface area contributed by atoms with Crippen LogP contribution in [-0.2, 0) is 9.53 Å². The molecule has 1 fully saturated rings. The van der Waals surface area contributed by atoms with Crippen LogP contribution in [0.5, 0.6) is 0 Å². The number of halogens is 1. The van der Waals surface area contributed by atoms with Crippen molar-refractivity contribution in [1.29, 1.82) is 0 Å². The number of ether oxygens (including phenoxy) is 1. The molecule has 1 aliphatic rings. The molecule has 1 rings (SSSR count). The highest BCUT2D eigenvalue weighted by atomic mass is 79.9. The Kier molecular flexibility index (Phi) is 6.45. The monoisotopic (exact) mass is 262 g/mol. The summed E-state index contributed by atoms with van der Waals surface area (Å²) in [6, 6.07) is 0. The van der Waals surface area contributed by atoms with Crippen molar-refractivity contribution >= 4 is 21.7 Å². The van der Waals surface area contributed by atoms with Crippen LogP contribution in [0.1, 0.15) is 44.9 Å². The summed E-state index contributed by atoms with van der Waals surface area (Å²) in [5, 5.41) is 0.935. The van der Waals surface area contributed by atoms with Gasteiger partial charge in [-0.2, -0.15) is 0 Å².